The first kappa shape index (κ1) is 15.5. The number of hydrogen-bond acceptors (Lipinski definition) is 5. The number of amides is 1. The van der Waals surface area contributed by atoms with Crippen LogP contribution >= 0.6 is 11.3 Å². The van der Waals surface area contributed by atoms with Gasteiger partial charge in [0.05, 0.1) is 16.2 Å². The summed E-state index contributed by atoms with van der Waals surface area (Å²) in [4.78, 5) is 12.3. The molecule has 2 rings (SSSR count). The quantitative estimate of drug-likeness (QED) is 0.853. The van der Waals surface area contributed by atoms with E-state index in [2.05, 4.69) is 5.32 Å². The molecule has 21 heavy (non-hydrogen) atoms. The lowest BCUT2D eigenvalue weighted by Gasteiger charge is -2.06. The number of thiophene rings is 1. The number of primary amides is 1. The summed E-state index contributed by atoms with van der Waals surface area (Å²) in [6.07, 6.45) is 0. The molecule has 5 nitrogen and oxygen atoms in total. The van der Waals surface area contributed by atoms with E-state index in [1.54, 1.807) is 42.6 Å². The molecule has 0 aliphatic carbocycles. The zero-order chi connectivity index (χ0) is 15.5. The van der Waals surface area contributed by atoms with Crippen LogP contribution in [0.15, 0.2) is 40.6 Å². The fraction of sp³-hybridized carbons (Fsp3) is 0.214. The van der Waals surface area contributed by atoms with Crippen LogP contribution in [0.4, 0.5) is 5.69 Å². The van der Waals surface area contributed by atoms with Crippen LogP contribution in [-0.2, 0) is 16.4 Å². The van der Waals surface area contributed by atoms with Gasteiger partial charge in [-0.15, -0.1) is 11.3 Å². The standard InChI is InChI=1S/C14H16N2O3S2/c1-2-21(18,19)13-5-3-11(4-6-13)16-8-12-7-10(9-20-12)14(15)17/h3-7,9,16H,2,8H2,1H3,(H2,15,17). The van der Waals surface area contributed by atoms with Crippen LogP contribution in [0.25, 0.3) is 0 Å². The van der Waals surface area contributed by atoms with Gasteiger partial charge in [0.15, 0.2) is 9.84 Å². The molecule has 0 saturated heterocycles. The van der Waals surface area contributed by atoms with Crippen molar-refractivity contribution < 1.29 is 13.2 Å². The van der Waals surface area contributed by atoms with Gasteiger partial charge in [0.1, 0.15) is 0 Å². The van der Waals surface area contributed by atoms with E-state index in [4.69, 9.17) is 5.73 Å². The maximum atomic E-state index is 11.7. The van der Waals surface area contributed by atoms with E-state index in [9.17, 15) is 13.2 Å². The van der Waals surface area contributed by atoms with Gasteiger partial charge in [-0.3, -0.25) is 4.79 Å². The van der Waals surface area contributed by atoms with Crippen molar-refractivity contribution >= 4 is 32.8 Å². The molecular weight excluding hydrogens is 308 g/mol. The van der Waals surface area contributed by atoms with E-state index >= 15 is 0 Å². The van der Waals surface area contributed by atoms with Crippen LogP contribution < -0.4 is 11.1 Å². The number of hydrogen-bond donors (Lipinski definition) is 2. The molecule has 112 valence electrons. The van der Waals surface area contributed by atoms with E-state index in [0.717, 1.165) is 10.6 Å². The van der Waals surface area contributed by atoms with Gasteiger partial charge >= 0.3 is 0 Å². The van der Waals surface area contributed by atoms with Crippen LogP contribution in [0.2, 0.25) is 0 Å². The van der Waals surface area contributed by atoms with Crippen LogP contribution in [0.5, 0.6) is 0 Å². The number of sulfone groups is 1. The van der Waals surface area contributed by atoms with Gasteiger partial charge in [-0.05, 0) is 30.3 Å². The summed E-state index contributed by atoms with van der Waals surface area (Å²) in [5.41, 5.74) is 6.52. The van der Waals surface area contributed by atoms with Gasteiger partial charge in [-0.1, -0.05) is 6.92 Å². The molecule has 0 atom stereocenters. The Morgan fingerprint density at radius 2 is 1.95 bits per heavy atom. The lowest BCUT2D eigenvalue weighted by atomic mass is 10.3. The Bertz CT molecular complexity index is 734. The highest BCUT2D eigenvalue weighted by molar-refractivity contribution is 7.91. The second-order valence-electron chi connectivity index (χ2n) is 4.45. The maximum absolute atomic E-state index is 11.7. The minimum absolute atomic E-state index is 0.0882. The minimum Gasteiger partial charge on any atom is -0.380 e. The number of carbonyl (C=O) groups is 1. The van der Waals surface area contributed by atoms with Crippen molar-refractivity contribution in [1.82, 2.24) is 0 Å². The number of anilines is 1. The molecule has 7 heteroatoms. The molecule has 0 saturated carbocycles. The van der Waals surface area contributed by atoms with Crippen molar-refractivity contribution in [1.29, 1.82) is 0 Å². The Balaban J connectivity index is 2.02. The van der Waals surface area contributed by atoms with Crippen molar-refractivity contribution in [3.63, 3.8) is 0 Å². The molecule has 1 heterocycles. The molecular formula is C14H16N2O3S2. The third-order valence-corrected chi connectivity index (χ3v) is 5.69. The average molecular weight is 324 g/mol. The average Bonchev–Trinajstić information content (AvgIpc) is 2.95. The van der Waals surface area contributed by atoms with Crippen LogP contribution in [0.1, 0.15) is 22.2 Å². The first-order chi connectivity index (χ1) is 9.92. The van der Waals surface area contributed by atoms with Crippen molar-refractivity contribution in [2.45, 2.75) is 18.4 Å². The minimum atomic E-state index is -3.17. The van der Waals surface area contributed by atoms with Crippen molar-refractivity contribution in [2.75, 3.05) is 11.1 Å². The molecule has 3 N–H and O–H groups in total. The molecule has 0 aliphatic rings. The number of nitrogens with two attached hydrogens (primary N) is 1. The maximum Gasteiger partial charge on any atom is 0.249 e. The zero-order valence-corrected chi connectivity index (χ0v) is 13.1. The second kappa shape index (κ2) is 6.28. The largest absolute Gasteiger partial charge is 0.380 e. The molecule has 1 aromatic heterocycles. The predicted octanol–water partition coefficient (Wildman–Crippen LogP) is 2.25. The second-order valence-corrected chi connectivity index (χ2v) is 7.72. The van der Waals surface area contributed by atoms with Crippen molar-refractivity contribution in [3.05, 3.63) is 46.2 Å². The third kappa shape index (κ3) is 3.83. The van der Waals surface area contributed by atoms with Crippen LogP contribution in [0, 0.1) is 0 Å². The predicted molar refractivity (Wildman–Crippen MR) is 84.3 cm³/mol. The fourth-order valence-electron chi connectivity index (χ4n) is 1.74. The van der Waals surface area contributed by atoms with Crippen molar-refractivity contribution in [3.8, 4) is 0 Å². The first-order valence-corrected chi connectivity index (χ1v) is 8.89. The summed E-state index contributed by atoms with van der Waals surface area (Å²) in [6, 6.07) is 8.38. The lowest BCUT2D eigenvalue weighted by Crippen LogP contribution is -2.09. The number of rotatable bonds is 6. The van der Waals surface area contributed by atoms with E-state index in [1.807, 2.05) is 0 Å². The van der Waals surface area contributed by atoms with E-state index in [0.29, 0.717) is 17.0 Å². The lowest BCUT2D eigenvalue weighted by molar-refractivity contribution is 0.100. The summed E-state index contributed by atoms with van der Waals surface area (Å²) in [7, 11) is -3.17. The third-order valence-electron chi connectivity index (χ3n) is 3.00. The Kier molecular flexibility index (Phi) is 4.64. The monoisotopic (exact) mass is 324 g/mol. The van der Waals surface area contributed by atoms with Gasteiger partial charge in [0, 0.05) is 22.5 Å². The molecule has 0 radical (unpaired) electrons. The number of carbonyl (C=O) groups excluding carboxylic acids is 1. The van der Waals surface area contributed by atoms with Crippen LogP contribution in [-0.4, -0.2) is 20.1 Å². The fourth-order valence-corrected chi connectivity index (χ4v) is 3.44. The summed E-state index contributed by atoms with van der Waals surface area (Å²) in [5, 5.41) is 4.89. The van der Waals surface area contributed by atoms with Gasteiger partial charge in [0.2, 0.25) is 5.91 Å². The molecule has 0 spiro atoms. The molecule has 1 amide bonds. The normalized spacial score (nSPS) is 11.3. The smallest absolute Gasteiger partial charge is 0.249 e. The van der Waals surface area contributed by atoms with E-state index < -0.39 is 15.7 Å². The SMILES string of the molecule is CCS(=O)(=O)c1ccc(NCc2cc(C(N)=O)cs2)cc1. The Hall–Kier alpha value is -1.86. The topological polar surface area (TPSA) is 89.3 Å². The van der Waals surface area contributed by atoms with Crippen LogP contribution in [0.3, 0.4) is 0 Å². The zero-order valence-electron chi connectivity index (χ0n) is 11.5. The van der Waals surface area contributed by atoms with E-state index in [1.165, 1.54) is 11.3 Å². The first-order valence-electron chi connectivity index (χ1n) is 6.36. The Morgan fingerprint density at radius 3 is 2.48 bits per heavy atom. The van der Waals surface area contributed by atoms with Gasteiger partial charge in [-0.25, -0.2) is 8.42 Å². The van der Waals surface area contributed by atoms with Gasteiger partial charge < -0.3 is 11.1 Å². The molecule has 0 bridgehead atoms. The Labute approximate surface area is 127 Å². The highest BCUT2D eigenvalue weighted by Gasteiger charge is 2.10. The summed E-state index contributed by atoms with van der Waals surface area (Å²) in [5.74, 6) is -0.350. The van der Waals surface area contributed by atoms with Crippen molar-refractivity contribution in [2.24, 2.45) is 5.73 Å². The number of nitrogens with one attached hydrogen (secondary N) is 1. The molecule has 1 aromatic carbocycles. The molecule has 2 aromatic rings. The molecule has 0 fully saturated rings. The summed E-state index contributed by atoms with van der Waals surface area (Å²) >= 11 is 1.45. The van der Waals surface area contributed by atoms with Gasteiger partial charge in [0.25, 0.3) is 0 Å². The molecule has 0 aliphatic heterocycles. The number of benzene rings is 1. The highest BCUT2D eigenvalue weighted by Crippen LogP contribution is 2.18. The summed E-state index contributed by atoms with van der Waals surface area (Å²) < 4.78 is 23.4. The van der Waals surface area contributed by atoms with Gasteiger partial charge in [-0.2, -0.15) is 0 Å². The van der Waals surface area contributed by atoms with E-state index in [-0.39, 0.29) is 5.75 Å². The Morgan fingerprint density at radius 1 is 1.29 bits per heavy atom. The highest BCUT2D eigenvalue weighted by atomic mass is 32.2. The summed E-state index contributed by atoms with van der Waals surface area (Å²) in [6.45, 7) is 2.17. The molecule has 0 unspecified atom stereocenters.